The average molecular weight is 452 g/mol. The minimum atomic E-state index is -0.0684. The van der Waals surface area contributed by atoms with Crippen LogP contribution in [-0.2, 0) is 11.2 Å². The van der Waals surface area contributed by atoms with Gasteiger partial charge in [0.25, 0.3) is 5.91 Å². The zero-order valence-electron chi connectivity index (χ0n) is 20.3. The van der Waals surface area contributed by atoms with Crippen LogP contribution in [0.5, 0.6) is 5.75 Å². The van der Waals surface area contributed by atoms with Crippen LogP contribution in [0.15, 0.2) is 48.5 Å². The summed E-state index contributed by atoms with van der Waals surface area (Å²) in [5.74, 6) is 0.890. The fraction of sp³-hybridized carbons (Fsp3) is 0.481. The fourth-order valence-corrected chi connectivity index (χ4v) is 4.28. The lowest BCUT2D eigenvalue weighted by molar-refractivity contribution is -0.123. The summed E-state index contributed by atoms with van der Waals surface area (Å²) in [4.78, 5) is 27.5. The molecule has 2 aromatic carbocycles. The first-order valence-corrected chi connectivity index (χ1v) is 11.8. The number of nitrogens with one attached hydrogen (secondary N) is 2. The number of nitrogens with zero attached hydrogens (tertiary/aromatic N) is 1. The van der Waals surface area contributed by atoms with Crippen molar-refractivity contribution < 1.29 is 14.3 Å². The van der Waals surface area contributed by atoms with Crippen LogP contribution in [0, 0.1) is 5.41 Å². The highest BCUT2D eigenvalue weighted by Crippen LogP contribution is 2.25. The van der Waals surface area contributed by atoms with E-state index in [1.165, 1.54) is 0 Å². The monoisotopic (exact) mass is 451 g/mol. The number of anilines is 1. The number of carbonyl (C=O) groups is 2. The average Bonchev–Trinajstić information content (AvgIpc) is 2.78. The molecule has 1 saturated heterocycles. The quantitative estimate of drug-likeness (QED) is 0.631. The molecular weight excluding hydrogens is 414 g/mol. The second kappa shape index (κ2) is 11.2. The Balaban J connectivity index is 1.55. The van der Waals surface area contributed by atoms with E-state index in [-0.39, 0.29) is 23.3 Å². The van der Waals surface area contributed by atoms with Gasteiger partial charge in [-0.25, -0.2) is 0 Å². The van der Waals surface area contributed by atoms with Crippen LogP contribution >= 0.6 is 0 Å². The molecule has 1 aliphatic heterocycles. The van der Waals surface area contributed by atoms with E-state index in [4.69, 9.17) is 4.74 Å². The van der Waals surface area contributed by atoms with Gasteiger partial charge in [-0.15, -0.1) is 0 Å². The molecule has 6 nitrogen and oxygen atoms in total. The third-order valence-electron chi connectivity index (χ3n) is 5.91. The summed E-state index contributed by atoms with van der Waals surface area (Å²) < 4.78 is 5.40. The smallest absolute Gasteiger partial charge is 0.253 e. The Hall–Kier alpha value is -3.02. The molecule has 0 aromatic heterocycles. The molecule has 0 aliphatic carbocycles. The molecule has 0 bridgehead atoms. The summed E-state index contributed by atoms with van der Waals surface area (Å²) in [6.07, 6.45) is 2.99. The molecule has 0 saturated carbocycles. The van der Waals surface area contributed by atoms with Gasteiger partial charge in [0, 0.05) is 37.8 Å². The fourth-order valence-electron chi connectivity index (χ4n) is 4.28. The Labute approximate surface area is 197 Å². The first-order chi connectivity index (χ1) is 15.8. The van der Waals surface area contributed by atoms with Crippen LogP contribution in [0.4, 0.5) is 5.69 Å². The minimum absolute atomic E-state index is 0.0112. The van der Waals surface area contributed by atoms with E-state index in [0.29, 0.717) is 24.9 Å². The number of hydrogen-bond acceptors (Lipinski definition) is 4. The normalized spacial score (nSPS) is 14.6. The lowest BCUT2D eigenvalue weighted by Crippen LogP contribution is -2.45. The molecule has 6 heteroatoms. The SMILES string of the molecule is COc1ccccc1CCNC(=O)c1ccccc1N1CCC(NC(=O)CC(C)(C)C)CC1. The molecule has 2 aromatic rings. The zero-order valence-corrected chi connectivity index (χ0v) is 20.3. The molecule has 0 unspecified atom stereocenters. The van der Waals surface area contributed by atoms with Crippen LogP contribution < -0.4 is 20.3 Å². The van der Waals surface area contributed by atoms with E-state index in [0.717, 1.165) is 42.9 Å². The number of hydrogen-bond donors (Lipinski definition) is 2. The summed E-state index contributed by atoms with van der Waals surface area (Å²) in [5, 5.41) is 6.24. The van der Waals surface area contributed by atoms with Gasteiger partial charge in [0.15, 0.2) is 0 Å². The van der Waals surface area contributed by atoms with Gasteiger partial charge in [-0.3, -0.25) is 9.59 Å². The number of piperidine rings is 1. The van der Waals surface area contributed by atoms with E-state index in [2.05, 4.69) is 36.3 Å². The van der Waals surface area contributed by atoms with Crippen LogP contribution in [0.25, 0.3) is 0 Å². The number of carbonyl (C=O) groups excluding carboxylic acids is 2. The van der Waals surface area contributed by atoms with Gasteiger partial charge in [-0.2, -0.15) is 0 Å². The molecule has 33 heavy (non-hydrogen) atoms. The van der Waals surface area contributed by atoms with Gasteiger partial charge in [-0.05, 0) is 48.4 Å². The molecule has 1 heterocycles. The topological polar surface area (TPSA) is 70.7 Å². The van der Waals surface area contributed by atoms with Crippen molar-refractivity contribution in [3.05, 3.63) is 59.7 Å². The van der Waals surface area contributed by atoms with Crippen molar-refractivity contribution in [3.63, 3.8) is 0 Å². The summed E-state index contributed by atoms with van der Waals surface area (Å²) in [7, 11) is 1.66. The molecule has 1 fully saturated rings. The van der Waals surface area contributed by atoms with Crippen LogP contribution in [-0.4, -0.2) is 44.6 Å². The van der Waals surface area contributed by atoms with Gasteiger partial charge in [0.1, 0.15) is 5.75 Å². The molecule has 0 radical (unpaired) electrons. The first kappa shape index (κ1) is 24.6. The Morgan fingerprint density at radius 2 is 1.70 bits per heavy atom. The molecule has 1 aliphatic rings. The Bertz CT molecular complexity index is 944. The van der Waals surface area contributed by atoms with Gasteiger partial charge < -0.3 is 20.3 Å². The summed E-state index contributed by atoms with van der Waals surface area (Å²) in [6, 6.07) is 15.8. The molecule has 2 amide bonds. The largest absolute Gasteiger partial charge is 0.496 e. The predicted octanol–water partition coefficient (Wildman–Crippen LogP) is 4.19. The third kappa shape index (κ3) is 7.24. The Kier molecular flexibility index (Phi) is 8.37. The maximum absolute atomic E-state index is 13.0. The summed E-state index contributed by atoms with van der Waals surface area (Å²) in [5.41, 5.74) is 2.70. The lowest BCUT2D eigenvalue weighted by atomic mass is 9.91. The first-order valence-electron chi connectivity index (χ1n) is 11.8. The van der Waals surface area contributed by atoms with Gasteiger partial charge >= 0.3 is 0 Å². The summed E-state index contributed by atoms with van der Waals surface area (Å²) >= 11 is 0. The number of methoxy groups -OCH3 is 1. The van der Waals surface area contributed by atoms with Gasteiger partial charge in [0.2, 0.25) is 5.91 Å². The van der Waals surface area contributed by atoms with Crippen molar-refractivity contribution in [1.82, 2.24) is 10.6 Å². The van der Waals surface area contributed by atoms with Crippen molar-refractivity contribution in [1.29, 1.82) is 0 Å². The Morgan fingerprint density at radius 1 is 1.03 bits per heavy atom. The number of amides is 2. The second-order valence-electron chi connectivity index (χ2n) is 9.90. The maximum Gasteiger partial charge on any atom is 0.253 e. The minimum Gasteiger partial charge on any atom is -0.496 e. The molecular formula is C27H37N3O3. The lowest BCUT2D eigenvalue weighted by Gasteiger charge is -2.35. The molecule has 2 N–H and O–H groups in total. The van der Waals surface area contributed by atoms with E-state index in [1.807, 2.05) is 48.5 Å². The van der Waals surface area contributed by atoms with Crippen molar-refractivity contribution in [3.8, 4) is 5.75 Å². The number of rotatable bonds is 8. The van der Waals surface area contributed by atoms with Crippen molar-refractivity contribution in [2.24, 2.45) is 5.41 Å². The molecule has 0 atom stereocenters. The maximum atomic E-state index is 13.0. The van der Waals surface area contributed by atoms with Crippen LogP contribution in [0.1, 0.15) is 56.0 Å². The van der Waals surface area contributed by atoms with Gasteiger partial charge in [-0.1, -0.05) is 51.1 Å². The highest BCUT2D eigenvalue weighted by atomic mass is 16.5. The van der Waals surface area contributed by atoms with E-state index in [9.17, 15) is 9.59 Å². The number of para-hydroxylation sites is 2. The molecule has 178 valence electrons. The van der Waals surface area contributed by atoms with Crippen LogP contribution in [0.3, 0.4) is 0 Å². The number of ether oxygens (including phenoxy) is 1. The summed E-state index contributed by atoms with van der Waals surface area (Å²) in [6.45, 7) is 8.39. The Morgan fingerprint density at radius 3 is 2.39 bits per heavy atom. The highest BCUT2D eigenvalue weighted by molar-refractivity contribution is 5.99. The predicted molar refractivity (Wildman–Crippen MR) is 133 cm³/mol. The number of benzene rings is 2. The van der Waals surface area contributed by atoms with E-state index < -0.39 is 0 Å². The van der Waals surface area contributed by atoms with E-state index >= 15 is 0 Å². The molecule has 3 rings (SSSR count). The second-order valence-corrected chi connectivity index (χ2v) is 9.90. The zero-order chi connectivity index (χ0) is 23.8. The van der Waals surface area contributed by atoms with Crippen LogP contribution in [0.2, 0.25) is 0 Å². The van der Waals surface area contributed by atoms with Crippen molar-refractivity contribution in [2.75, 3.05) is 31.6 Å². The van der Waals surface area contributed by atoms with Gasteiger partial charge in [0.05, 0.1) is 12.7 Å². The van der Waals surface area contributed by atoms with Crippen molar-refractivity contribution >= 4 is 17.5 Å². The van der Waals surface area contributed by atoms with E-state index in [1.54, 1.807) is 7.11 Å². The molecule has 0 spiro atoms. The standard InChI is InChI=1S/C27H37N3O3/c1-27(2,3)19-25(31)29-21-14-17-30(18-15-21)23-11-7-6-10-22(23)26(32)28-16-13-20-9-5-8-12-24(20)33-4/h5-12,21H,13-19H2,1-4H3,(H,28,32)(H,29,31). The highest BCUT2D eigenvalue weighted by Gasteiger charge is 2.25. The van der Waals surface area contributed by atoms with Crippen molar-refractivity contribution in [2.45, 2.75) is 52.5 Å². The third-order valence-corrected chi connectivity index (χ3v) is 5.91.